The van der Waals surface area contributed by atoms with Gasteiger partial charge in [0.15, 0.2) is 0 Å². The highest BCUT2D eigenvalue weighted by Gasteiger charge is 2.21. The number of benzene rings is 2. The molecule has 7 heteroatoms. The number of aryl methyl sites for hydroxylation is 1. The summed E-state index contributed by atoms with van der Waals surface area (Å²) in [5.74, 6) is -0.521. The molecule has 0 aliphatic rings. The molecule has 0 fully saturated rings. The van der Waals surface area contributed by atoms with Gasteiger partial charge in [-0.1, -0.05) is 42.5 Å². The molecule has 31 heavy (non-hydrogen) atoms. The fourth-order valence-electron chi connectivity index (χ4n) is 3.34. The largest absolute Gasteiger partial charge is 0.487 e. The predicted molar refractivity (Wildman–Crippen MR) is 117 cm³/mol. The number of rotatable bonds is 7. The molecular formula is C24H22N4O3. The molecular weight excluding hydrogens is 392 g/mol. The van der Waals surface area contributed by atoms with Crippen LogP contribution in [0, 0.1) is 6.92 Å². The van der Waals surface area contributed by atoms with Crippen LogP contribution in [0.4, 0.5) is 0 Å². The molecule has 4 rings (SSSR count). The van der Waals surface area contributed by atoms with Crippen molar-refractivity contribution in [3.63, 3.8) is 0 Å². The number of hydrogen-bond acceptors (Lipinski definition) is 4. The maximum Gasteiger partial charge on any atom is 0.252 e. The van der Waals surface area contributed by atoms with Crippen molar-refractivity contribution in [1.29, 1.82) is 0 Å². The second-order valence-electron chi connectivity index (χ2n) is 7.19. The Morgan fingerprint density at radius 1 is 1.10 bits per heavy atom. The maximum absolute atomic E-state index is 12.7. The Kier molecular flexibility index (Phi) is 5.66. The number of pyridine rings is 1. The van der Waals surface area contributed by atoms with E-state index < -0.39 is 17.9 Å². The number of carbonyl (C=O) groups is 2. The van der Waals surface area contributed by atoms with Crippen molar-refractivity contribution < 1.29 is 14.3 Å². The van der Waals surface area contributed by atoms with E-state index in [-0.39, 0.29) is 6.61 Å². The highest BCUT2D eigenvalue weighted by atomic mass is 16.5. The summed E-state index contributed by atoms with van der Waals surface area (Å²) in [5.41, 5.74) is 9.22. The predicted octanol–water partition coefficient (Wildman–Crippen LogP) is 3.18. The molecule has 0 aliphatic heterocycles. The van der Waals surface area contributed by atoms with Crippen LogP contribution in [0.2, 0.25) is 0 Å². The summed E-state index contributed by atoms with van der Waals surface area (Å²) in [7, 11) is 0. The summed E-state index contributed by atoms with van der Waals surface area (Å²) in [6.45, 7) is 2.27. The van der Waals surface area contributed by atoms with Crippen molar-refractivity contribution in [2.45, 2.75) is 19.6 Å². The van der Waals surface area contributed by atoms with E-state index in [1.54, 1.807) is 48.5 Å². The standard InChI is InChI=1S/C24H22N4O3/c1-16-7-6-12-28-14-19(26-23(16)28)15-31-20-11-5-10-18(13-20)24(30)27-21(22(25)29)17-8-3-2-4-9-17/h2-14,21H,15H2,1H3,(H2,25,29)(H,27,30)/t21-/m0/s1. The minimum Gasteiger partial charge on any atom is -0.487 e. The normalized spacial score (nSPS) is 11.8. The van der Waals surface area contributed by atoms with Gasteiger partial charge in [0, 0.05) is 18.0 Å². The Morgan fingerprint density at radius 3 is 2.65 bits per heavy atom. The number of amides is 2. The number of hydrogen-bond donors (Lipinski definition) is 2. The van der Waals surface area contributed by atoms with E-state index in [0.717, 1.165) is 16.9 Å². The van der Waals surface area contributed by atoms with Crippen molar-refractivity contribution in [2.75, 3.05) is 0 Å². The third kappa shape index (κ3) is 4.56. The molecule has 0 saturated heterocycles. The number of aromatic nitrogens is 2. The number of nitrogens with one attached hydrogen (secondary N) is 1. The van der Waals surface area contributed by atoms with Gasteiger partial charge in [0.1, 0.15) is 24.0 Å². The van der Waals surface area contributed by atoms with Crippen LogP contribution in [0.1, 0.15) is 33.2 Å². The summed E-state index contributed by atoms with van der Waals surface area (Å²) < 4.78 is 7.79. The van der Waals surface area contributed by atoms with Crippen molar-refractivity contribution in [2.24, 2.45) is 5.73 Å². The quantitative estimate of drug-likeness (QED) is 0.485. The van der Waals surface area contributed by atoms with Gasteiger partial charge in [-0.3, -0.25) is 9.59 Å². The lowest BCUT2D eigenvalue weighted by atomic mass is 10.1. The molecule has 4 aromatic rings. The van der Waals surface area contributed by atoms with Crippen LogP contribution >= 0.6 is 0 Å². The zero-order valence-electron chi connectivity index (χ0n) is 17.0. The van der Waals surface area contributed by atoms with Gasteiger partial charge < -0.3 is 20.2 Å². The van der Waals surface area contributed by atoms with Crippen molar-refractivity contribution in [3.05, 3.63) is 102 Å². The highest BCUT2D eigenvalue weighted by Crippen LogP contribution is 2.18. The third-order valence-corrected chi connectivity index (χ3v) is 4.90. The number of nitrogens with two attached hydrogens (primary N) is 1. The molecule has 1 atom stereocenters. The molecule has 3 N–H and O–H groups in total. The van der Waals surface area contributed by atoms with Crippen molar-refractivity contribution >= 4 is 17.5 Å². The average Bonchev–Trinajstić information content (AvgIpc) is 3.21. The SMILES string of the molecule is Cc1cccn2cc(COc3cccc(C(=O)N[C@H](C(N)=O)c4ccccc4)c3)nc12. The van der Waals surface area contributed by atoms with E-state index in [9.17, 15) is 9.59 Å². The zero-order valence-corrected chi connectivity index (χ0v) is 17.0. The number of ether oxygens (including phenoxy) is 1. The fourth-order valence-corrected chi connectivity index (χ4v) is 3.34. The first-order valence-electron chi connectivity index (χ1n) is 9.82. The van der Waals surface area contributed by atoms with Crippen LogP contribution in [0.5, 0.6) is 5.75 Å². The van der Waals surface area contributed by atoms with E-state index in [1.807, 2.05) is 41.9 Å². The Balaban J connectivity index is 1.46. The topological polar surface area (TPSA) is 98.7 Å². The number of carbonyl (C=O) groups excluding carboxylic acids is 2. The van der Waals surface area contributed by atoms with Gasteiger partial charge in [-0.25, -0.2) is 4.98 Å². The van der Waals surface area contributed by atoms with E-state index in [4.69, 9.17) is 10.5 Å². The van der Waals surface area contributed by atoms with Crippen LogP contribution in [0.25, 0.3) is 5.65 Å². The molecule has 156 valence electrons. The second-order valence-corrected chi connectivity index (χ2v) is 7.19. The van der Waals surface area contributed by atoms with Gasteiger partial charge >= 0.3 is 0 Å². The third-order valence-electron chi connectivity index (χ3n) is 4.90. The number of fused-ring (bicyclic) bond motifs is 1. The van der Waals surface area contributed by atoms with E-state index in [0.29, 0.717) is 16.9 Å². The maximum atomic E-state index is 12.7. The van der Waals surface area contributed by atoms with E-state index in [1.165, 1.54) is 0 Å². The zero-order chi connectivity index (χ0) is 21.8. The molecule has 7 nitrogen and oxygen atoms in total. The minimum absolute atomic E-state index is 0.264. The van der Waals surface area contributed by atoms with Gasteiger partial charge in [0.05, 0.1) is 5.69 Å². The first kappa shape index (κ1) is 20.2. The molecule has 0 saturated carbocycles. The van der Waals surface area contributed by atoms with Gasteiger partial charge in [0.2, 0.25) is 5.91 Å². The molecule has 0 radical (unpaired) electrons. The first-order chi connectivity index (χ1) is 15.0. The van der Waals surface area contributed by atoms with Gasteiger partial charge in [-0.15, -0.1) is 0 Å². The highest BCUT2D eigenvalue weighted by molar-refractivity contribution is 5.97. The number of nitrogens with zero attached hydrogens (tertiary/aromatic N) is 2. The molecule has 0 bridgehead atoms. The Bertz CT molecular complexity index is 1230. The number of primary amides is 1. The lowest BCUT2D eigenvalue weighted by molar-refractivity contribution is -0.120. The molecule has 2 heterocycles. The van der Waals surface area contributed by atoms with Crippen LogP contribution in [0.3, 0.4) is 0 Å². The lowest BCUT2D eigenvalue weighted by Crippen LogP contribution is -2.37. The summed E-state index contributed by atoms with van der Waals surface area (Å²) in [6.07, 6.45) is 3.85. The number of imidazole rings is 1. The van der Waals surface area contributed by atoms with E-state index >= 15 is 0 Å². The van der Waals surface area contributed by atoms with Crippen LogP contribution in [-0.4, -0.2) is 21.2 Å². The average molecular weight is 414 g/mol. The monoisotopic (exact) mass is 414 g/mol. The first-order valence-corrected chi connectivity index (χ1v) is 9.82. The van der Waals surface area contributed by atoms with Gasteiger partial charge in [-0.05, 0) is 42.3 Å². The molecule has 0 unspecified atom stereocenters. The Morgan fingerprint density at radius 2 is 1.90 bits per heavy atom. The van der Waals surface area contributed by atoms with Crippen LogP contribution in [0.15, 0.2) is 79.1 Å². The van der Waals surface area contributed by atoms with Gasteiger partial charge in [-0.2, -0.15) is 0 Å². The Hall–Kier alpha value is -4.13. The summed E-state index contributed by atoms with van der Waals surface area (Å²) in [4.78, 5) is 29.2. The molecule has 0 aliphatic carbocycles. The summed E-state index contributed by atoms with van der Waals surface area (Å²) in [6, 6.07) is 18.7. The van der Waals surface area contributed by atoms with Crippen molar-refractivity contribution in [3.8, 4) is 5.75 Å². The minimum atomic E-state index is -0.917. The van der Waals surface area contributed by atoms with Crippen LogP contribution < -0.4 is 15.8 Å². The van der Waals surface area contributed by atoms with Gasteiger partial charge in [0.25, 0.3) is 5.91 Å². The second kappa shape index (κ2) is 8.71. The molecule has 0 spiro atoms. The van der Waals surface area contributed by atoms with Crippen molar-refractivity contribution in [1.82, 2.24) is 14.7 Å². The fraction of sp³-hybridized carbons (Fsp3) is 0.125. The molecule has 2 amide bonds. The molecule has 2 aromatic heterocycles. The van der Waals surface area contributed by atoms with Crippen LogP contribution in [-0.2, 0) is 11.4 Å². The summed E-state index contributed by atoms with van der Waals surface area (Å²) in [5, 5.41) is 2.69. The lowest BCUT2D eigenvalue weighted by Gasteiger charge is -2.16. The Labute approximate surface area is 179 Å². The van der Waals surface area contributed by atoms with E-state index in [2.05, 4.69) is 10.3 Å². The summed E-state index contributed by atoms with van der Waals surface area (Å²) >= 11 is 0. The molecule has 2 aromatic carbocycles. The smallest absolute Gasteiger partial charge is 0.252 e.